The molecule has 0 aromatic rings. The molecule has 0 heterocycles. The van der Waals surface area contributed by atoms with Crippen molar-refractivity contribution in [3.63, 3.8) is 0 Å². The zero-order chi connectivity index (χ0) is 9.68. The Morgan fingerprint density at radius 1 is 1.23 bits per heavy atom. The standard InChI is InChI=1S/C8H15B3N2/c9-12-5-7-2-1-3-8(4-7)6-13(10)11/h7-8,12H,1-6H2. The van der Waals surface area contributed by atoms with E-state index in [0.29, 0.717) is 11.8 Å². The van der Waals surface area contributed by atoms with E-state index < -0.39 is 0 Å². The second-order valence-electron chi connectivity index (χ2n) is 4.00. The molecule has 2 atom stereocenters. The number of hydrogen-bond acceptors (Lipinski definition) is 2. The van der Waals surface area contributed by atoms with E-state index in [0.717, 1.165) is 13.1 Å². The van der Waals surface area contributed by atoms with Gasteiger partial charge in [-0.15, -0.1) is 0 Å². The average Bonchev–Trinajstić information content (AvgIpc) is 2.04. The monoisotopic (exact) mass is 172 g/mol. The van der Waals surface area contributed by atoms with Gasteiger partial charge in [-0.05, 0) is 44.2 Å². The summed E-state index contributed by atoms with van der Waals surface area (Å²) in [5.74, 6) is 1.34. The van der Waals surface area contributed by atoms with Gasteiger partial charge in [0.2, 0.25) is 0 Å². The molecular formula is C8H15B3N2. The maximum absolute atomic E-state index is 5.41. The van der Waals surface area contributed by atoms with Crippen molar-refractivity contribution in [1.82, 2.24) is 9.95 Å². The highest BCUT2D eigenvalue weighted by atomic mass is 14.9. The van der Waals surface area contributed by atoms with Crippen LogP contribution in [0.2, 0.25) is 0 Å². The van der Waals surface area contributed by atoms with Gasteiger partial charge in [-0.3, -0.25) is 0 Å². The van der Waals surface area contributed by atoms with Crippen molar-refractivity contribution < 1.29 is 0 Å². The van der Waals surface area contributed by atoms with Crippen molar-refractivity contribution >= 4 is 23.9 Å². The van der Waals surface area contributed by atoms with E-state index in [1.54, 1.807) is 0 Å². The molecule has 1 saturated carbocycles. The average molecular weight is 172 g/mol. The van der Waals surface area contributed by atoms with E-state index in [4.69, 9.17) is 23.9 Å². The van der Waals surface area contributed by atoms with Crippen LogP contribution in [-0.2, 0) is 0 Å². The van der Waals surface area contributed by atoms with Gasteiger partial charge in [0.15, 0.2) is 23.9 Å². The Hall–Kier alpha value is 0.115. The van der Waals surface area contributed by atoms with E-state index in [-0.39, 0.29) is 0 Å². The lowest BCUT2D eigenvalue weighted by Crippen LogP contribution is -2.31. The van der Waals surface area contributed by atoms with Crippen LogP contribution in [0.3, 0.4) is 0 Å². The molecule has 0 aromatic carbocycles. The number of rotatable bonds is 4. The Morgan fingerprint density at radius 3 is 2.54 bits per heavy atom. The van der Waals surface area contributed by atoms with Crippen LogP contribution in [0.4, 0.5) is 0 Å². The van der Waals surface area contributed by atoms with Crippen molar-refractivity contribution in [2.45, 2.75) is 25.7 Å². The van der Waals surface area contributed by atoms with Crippen LogP contribution in [-0.4, -0.2) is 41.8 Å². The molecule has 66 valence electrons. The molecule has 6 radical (unpaired) electrons. The van der Waals surface area contributed by atoms with Gasteiger partial charge in [0.1, 0.15) is 0 Å². The second-order valence-corrected chi connectivity index (χ2v) is 4.00. The fourth-order valence-electron chi connectivity index (χ4n) is 2.22. The summed E-state index contributed by atoms with van der Waals surface area (Å²) in [6, 6.07) is 0. The molecule has 1 N–H and O–H groups in total. The molecule has 1 fully saturated rings. The third-order valence-corrected chi connectivity index (χ3v) is 2.77. The van der Waals surface area contributed by atoms with Gasteiger partial charge in [-0.25, -0.2) is 0 Å². The van der Waals surface area contributed by atoms with E-state index in [2.05, 4.69) is 5.23 Å². The van der Waals surface area contributed by atoms with Crippen LogP contribution in [0.25, 0.3) is 0 Å². The van der Waals surface area contributed by atoms with Crippen LogP contribution in [0.15, 0.2) is 0 Å². The van der Waals surface area contributed by atoms with Gasteiger partial charge in [0.05, 0.1) is 0 Å². The van der Waals surface area contributed by atoms with Gasteiger partial charge in [-0.2, -0.15) is 0 Å². The molecule has 13 heavy (non-hydrogen) atoms. The fourth-order valence-corrected chi connectivity index (χ4v) is 2.22. The van der Waals surface area contributed by atoms with Gasteiger partial charge < -0.3 is 9.95 Å². The number of hydrogen-bond donors (Lipinski definition) is 1. The Bertz CT molecular complexity index is 141. The zero-order valence-corrected chi connectivity index (χ0v) is 8.08. The van der Waals surface area contributed by atoms with Gasteiger partial charge >= 0.3 is 0 Å². The molecule has 0 aliphatic heterocycles. The summed E-state index contributed by atoms with van der Waals surface area (Å²) in [5, 5.41) is 2.74. The van der Waals surface area contributed by atoms with Crippen molar-refractivity contribution in [3.8, 4) is 0 Å². The summed E-state index contributed by atoms with van der Waals surface area (Å²) in [7, 11) is 16.1. The maximum Gasteiger partial charge on any atom is 0.177 e. The summed E-state index contributed by atoms with van der Waals surface area (Å²) < 4.78 is 1.29. The maximum atomic E-state index is 5.41. The minimum absolute atomic E-state index is 0.641. The summed E-state index contributed by atoms with van der Waals surface area (Å²) in [6.07, 6.45) is 4.97. The van der Waals surface area contributed by atoms with E-state index in [1.807, 2.05) is 0 Å². The Balaban J connectivity index is 2.24. The SMILES string of the molecule is [B]NCC1CCCC(CN([B])[B])C1. The second kappa shape index (κ2) is 5.76. The minimum Gasteiger partial charge on any atom is -0.404 e. The molecule has 0 amide bonds. The van der Waals surface area contributed by atoms with Crippen LogP contribution in [0.1, 0.15) is 25.7 Å². The summed E-state index contributed by atoms with van der Waals surface area (Å²) >= 11 is 0. The summed E-state index contributed by atoms with van der Waals surface area (Å²) in [4.78, 5) is 0. The molecule has 1 aliphatic carbocycles. The lowest BCUT2D eigenvalue weighted by atomic mass is 9.80. The number of nitrogens with zero attached hydrogens (tertiary/aromatic N) is 1. The third-order valence-electron chi connectivity index (χ3n) is 2.77. The lowest BCUT2D eigenvalue weighted by Gasteiger charge is -2.31. The molecule has 0 aromatic heterocycles. The van der Waals surface area contributed by atoms with Crippen molar-refractivity contribution in [2.75, 3.05) is 13.1 Å². The zero-order valence-electron chi connectivity index (χ0n) is 8.08. The molecule has 0 spiro atoms. The van der Waals surface area contributed by atoms with Crippen molar-refractivity contribution in [1.29, 1.82) is 0 Å². The lowest BCUT2D eigenvalue weighted by molar-refractivity contribution is 0.254. The van der Waals surface area contributed by atoms with Gasteiger partial charge in [0, 0.05) is 0 Å². The molecule has 1 rings (SSSR count). The molecule has 0 bridgehead atoms. The molecule has 1 aliphatic rings. The van der Waals surface area contributed by atoms with Crippen LogP contribution >= 0.6 is 0 Å². The first kappa shape index (κ1) is 11.2. The van der Waals surface area contributed by atoms with Crippen LogP contribution < -0.4 is 5.23 Å². The highest BCUT2D eigenvalue weighted by molar-refractivity contribution is 6.24. The fraction of sp³-hybridized carbons (Fsp3) is 1.00. The summed E-state index contributed by atoms with van der Waals surface area (Å²) in [5.41, 5.74) is 0. The van der Waals surface area contributed by atoms with Crippen LogP contribution in [0.5, 0.6) is 0 Å². The molecule has 5 heteroatoms. The first-order valence-electron chi connectivity index (χ1n) is 4.92. The topological polar surface area (TPSA) is 15.3 Å². The first-order chi connectivity index (χ1) is 6.22. The molecule has 2 unspecified atom stereocenters. The predicted octanol–water partition coefficient (Wildman–Crippen LogP) is -0.0651. The van der Waals surface area contributed by atoms with Gasteiger partial charge in [-0.1, -0.05) is 6.42 Å². The minimum atomic E-state index is 0.641. The Morgan fingerprint density at radius 2 is 1.92 bits per heavy atom. The first-order valence-corrected chi connectivity index (χ1v) is 4.92. The third kappa shape index (κ3) is 4.23. The quantitative estimate of drug-likeness (QED) is 0.597. The van der Waals surface area contributed by atoms with E-state index >= 15 is 0 Å². The largest absolute Gasteiger partial charge is 0.404 e. The normalized spacial score (nSPS) is 29.3. The smallest absolute Gasteiger partial charge is 0.177 e. The predicted molar refractivity (Wildman–Crippen MR) is 57.4 cm³/mol. The van der Waals surface area contributed by atoms with Crippen LogP contribution in [0, 0.1) is 11.8 Å². The number of nitrogens with one attached hydrogen (secondary N) is 1. The van der Waals surface area contributed by atoms with Crippen molar-refractivity contribution in [3.05, 3.63) is 0 Å². The molecule has 2 nitrogen and oxygen atoms in total. The van der Waals surface area contributed by atoms with E-state index in [1.165, 1.54) is 30.4 Å². The Kier molecular flexibility index (Phi) is 4.96. The highest BCUT2D eigenvalue weighted by Crippen LogP contribution is 2.28. The summed E-state index contributed by atoms with van der Waals surface area (Å²) in [6.45, 7) is 1.70. The van der Waals surface area contributed by atoms with Crippen molar-refractivity contribution in [2.24, 2.45) is 11.8 Å². The molecule has 0 saturated heterocycles. The molecular weight excluding hydrogens is 157 g/mol. The Labute approximate surface area is 85.1 Å². The van der Waals surface area contributed by atoms with Gasteiger partial charge in [0.25, 0.3) is 0 Å². The highest BCUT2D eigenvalue weighted by Gasteiger charge is 2.21. The van der Waals surface area contributed by atoms with E-state index in [9.17, 15) is 0 Å².